The summed E-state index contributed by atoms with van der Waals surface area (Å²) in [4.78, 5) is 0. The summed E-state index contributed by atoms with van der Waals surface area (Å²) < 4.78 is 18.3. The SMILES string of the molecule is Fc1c(Br)ccc2oncc12. The molecule has 0 spiro atoms. The van der Waals surface area contributed by atoms with Crippen LogP contribution in [0.5, 0.6) is 0 Å². The maximum atomic E-state index is 13.1. The molecule has 11 heavy (non-hydrogen) atoms. The number of rotatable bonds is 0. The molecular weight excluding hydrogens is 213 g/mol. The molecule has 0 unspecified atom stereocenters. The summed E-state index contributed by atoms with van der Waals surface area (Å²) in [5.41, 5.74) is 0.464. The fraction of sp³-hybridized carbons (Fsp3) is 0. The zero-order chi connectivity index (χ0) is 7.84. The molecule has 2 rings (SSSR count). The molecule has 1 heterocycles. The summed E-state index contributed by atoms with van der Waals surface area (Å²) in [6.07, 6.45) is 1.36. The fourth-order valence-corrected chi connectivity index (χ4v) is 1.23. The van der Waals surface area contributed by atoms with E-state index in [1.165, 1.54) is 6.20 Å². The van der Waals surface area contributed by atoms with Crippen LogP contribution in [0.25, 0.3) is 11.0 Å². The quantitative estimate of drug-likeness (QED) is 0.676. The van der Waals surface area contributed by atoms with Crippen LogP contribution in [0.3, 0.4) is 0 Å². The van der Waals surface area contributed by atoms with E-state index in [0.29, 0.717) is 15.4 Å². The van der Waals surface area contributed by atoms with E-state index in [9.17, 15) is 4.39 Å². The largest absolute Gasteiger partial charge is 0.356 e. The Morgan fingerprint density at radius 2 is 2.27 bits per heavy atom. The van der Waals surface area contributed by atoms with Crippen molar-refractivity contribution >= 4 is 26.9 Å². The molecule has 1 aromatic heterocycles. The number of hydrogen-bond acceptors (Lipinski definition) is 2. The lowest BCUT2D eigenvalue weighted by Gasteiger charge is -1.91. The standard InChI is InChI=1S/C7H3BrFNO/c8-5-1-2-6-4(7(5)9)3-10-11-6/h1-3H. The highest BCUT2D eigenvalue weighted by molar-refractivity contribution is 9.10. The second-order valence-electron chi connectivity index (χ2n) is 2.10. The van der Waals surface area contributed by atoms with Gasteiger partial charge in [0.1, 0.15) is 5.82 Å². The minimum atomic E-state index is -0.330. The molecule has 0 atom stereocenters. The molecule has 0 N–H and O–H groups in total. The third kappa shape index (κ3) is 0.939. The highest BCUT2D eigenvalue weighted by Crippen LogP contribution is 2.23. The van der Waals surface area contributed by atoms with Crippen LogP contribution < -0.4 is 0 Å². The van der Waals surface area contributed by atoms with Gasteiger partial charge in [0.25, 0.3) is 0 Å². The summed E-state index contributed by atoms with van der Waals surface area (Å²) >= 11 is 3.06. The minimum Gasteiger partial charge on any atom is -0.356 e. The molecule has 0 saturated heterocycles. The van der Waals surface area contributed by atoms with Crippen molar-refractivity contribution in [3.63, 3.8) is 0 Å². The molecule has 0 radical (unpaired) electrons. The summed E-state index contributed by atoms with van der Waals surface area (Å²) in [5.74, 6) is -0.330. The van der Waals surface area contributed by atoms with E-state index in [1.54, 1.807) is 12.1 Å². The Bertz CT molecular complexity index is 398. The van der Waals surface area contributed by atoms with E-state index >= 15 is 0 Å². The predicted molar refractivity (Wildman–Crippen MR) is 41.7 cm³/mol. The van der Waals surface area contributed by atoms with Gasteiger partial charge in [-0.25, -0.2) is 4.39 Å². The molecule has 0 amide bonds. The van der Waals surface area contributed by atoms with E-state index < -0.39 is 0 Å². The molecule has 4 heteroatoms. The normalized spacial score (nSPS) is 10.7. The van der Waals surface area contributed by atoms with Crippen molar-refractivity contribution in [3.05, 3.63) is 28.6 Å². The van der Waals surface area contributed by atoms with Gasteiger partial charge < -0.3 is 4.52 Å². The van der Waals surface area contributed by atoms with Crippen LogP contribution in [0.15, 0.2) is 27.3 Å². The monoisotopic (exact) mass is 215 g/mol. The van der Waals surface area contributed by atoms with Gasteiger partial charge in [0, 0.05) is 0 Å². The lowest BCUT2D eigenvalue weighted by atomic mass is 10.2. The zero-order valence-electron chi connectivity index (χ0n) is 5.34. The van der Waals surface area contributed by atoms with Crippen LogP contribution >= 0.6 is 15.9 Å². The van der Waals surface area contributed by atoms with Crippen LogP contribution in [-0.2, 0) is 0 Å². The second-order valence-corrected chi connectivity index (χ2v) is 2.95. The first-order valence-electron chi connectivity index (χ1n) is 2.97. The molecule has 1 aromatic carbocycles. The van der Waals surface area contributed by atoms with Gasteiger partial charge in [0.05, 0.1) is 16.1 Å². The van der Waals surface area contributed by atoms with Crippen LogP contribution in [0.4, 0.5) is 4.39 Å². The van der Waals surface area contributed by atoms with Gasteiger partial charge in [-0.05, 0) is 28.1 Å². The summed E-state index contributed by atoms with van der Waals surface area (Å²) in [5, 5.41) is 3.87. The predicted octanol–water partition coefficient (Wildman–Crippen LogP) is 2.73. The van der Waals surface area contributed by atoms with Crippen LogP contribution in [0.1, 0.15) is 0 Å². The van der Waals surface area contributed by atoms with Crippen molar-refractivity contribution in [1.29, 1.82) is 0 Å². The van der Waals surface area contributed by atoms with Gasteiger partial charge in [-0.1, -0.05) is 5.16 Å². The number of halogens is 2. The van der Waals surface area contributed by atoms with Gasteiger partial charge in [0.2, 0.25) is 0 Å². The van der Waals surface area contributed by atoms with E-state index in [2.05, 4.69) is 21.1 Å². The Balaban J connectivity index is 2.93. The van der Waals surface area contributed by atoms with Crippen LogP contribution in [0, 0.1) is 5.82 Å². The van der Waals surface area contributed by atoms with Crippen molar-refractivity contribution in [3.8, 4) is 0 Å². The highest BCUT2D eigenvalue weighted by atomic mass is 79.9. The molecule has 0 aliphatic carbocycles. The summed E-state index contributed by atoms with van der Waals surface area (Å²) in [6.45, 7) is 0. The first-order chi connectivity index (χ1) is 5.29. The summed E-state index contributed by atoms with van der Waals surface area (Å²) in [6, 6.07) is 3.25. The van der Waals surface area contributed by atoms with Crippen LogP contribution in [0.2, 0.25) is 0 Å². The van der Waals surface area contributed by atoms with Crippen molar-refractivity contribution in [2.24, 2.45) is 0 Å². The second kappa shape index (κ2) is 2.30. The van der Waals surface area contributed by atoms with Crippen LogP contribution in [-0.4, -0.2) is 5.16 Å². The Labute approximate surface area is 70.1 Å². The van der Waals surface area contributed by atoms with Gasteiger partial charge in [0.15, 0.2) is 5.58 Å². The Kier molecular flexibility index (Phi) is 1.42. The molecule has 0 saturated carbocycles. The molecule has 2 nitrogen and oxygen atoms in total. The Morgan fingerprint density at radius 1 is 1.45 bits per heavy atom. The van der Waals surface area contributed by atoms with E-state index in [1.807, 2.05) is 0 Å². The fourth-order valence-electron chi connectivity index (χ4n) is 0.884. The van der Waals surface area contributed by atoms with Crippen molar-refractivity contribution < 1.29 is 8.91 Å². The average molecular weight is 216 g/mol. The van der Waals surface area contributed by atoms with E-state index in [-0.39, 0.29) is 5.82 Å². The van der Waals surface area contributed by atoms with Crippen molar-refractivity contribution in [2.75, 3.05) is 0 Å². The third-order valence-electron chi connectivity index (χ3n) is 1.43. The molecule has 56 valence electrons. The smallest absolute Gasteiger partial charge is 0.169 e. The number of hydrogen-bond donors (Lipinski definition) is 0. The number of benzene rings is 1. The maximum absolute atomic E-state index is 13.1. The third-order valence-corrected chi connectivity index (χ3v) is 2.04. The van der Waals surface area contributed by atoms with Crippen molar-refractivity contribution in [2.45, 2.75) is 0 Å². The molecule has 0 bridgehead atoms. The molecule has 0 aliphatic heterocycles. The lowest BCUT2D eigenvalue weighted by Crippen LogP contribution is -1.75. The Hall–Kier alpha value is -0.900. The van der Waals surface area contributed by atoms with Crippen molar-refractivity contribution in [1.82, 2.24) is 5.16 Å². The van der Waals surface area contributed by atoms with E-state index in [0.717, 1.165) is 0 Å². The van der Waals surface area contributed by atoms with E-state index in [4.69, 9.17) is 4.52 Å². The first-order valence-corrected chi connectivity index (χ1v) is 3.77. The molecular formula is C7H3BrFNO. The number of nitrogens with zero attached hydrogens (tertiary/aromatic N) is 1. The molecule has 0 aliphatic rings. The van der Waals surface area contributed by atoms with Gasteiger partial charge in [-0.2, -0.15) is 0 Å². The number of fused-ring (bicyclic) bond motifs is 1. The maximum Gasteiger partial charge on any atom is 0.169 e. The lowest BCUT2D eigenvalue weighted by molar-refractivity contribution is 0.456. The van der Waals surface area contributed by atoms with Gasteiger partial charge in [-0.15, -0.1) is 0 Å². The highest BCUT2D eigenvalue weighted by Gasteiger charge is 2.07. The average Bonchev–Trinajstić information content (AvgIpc) is 2.45. The zero-order valence-corrected chi connectivity index (χ0v) is 6.93. The first kappa shape index (κ1) is 6.79. The number of aromatic nitrogens is 1. The summed E-state index contributed by atoms with van der Waals surface area (Å²) in [7, 11) is 0. The topological polar surface area (TPSA) is 26.0 Å². The molecule has 0 fully saturated rings. The molecule has 2 aromatic rings. The Morgan fingerprint density at radius 3 is 3.09 bits per heavy atom. The van der Waals surface area contributed by atoms with Gasteiger partial charge >= 0.3 is 0 Å². The minimum absolute atomic E-state index is 0.330. The van der Waals surface area contributed by atoms with Gasteiger partial charge in [-0.3, -0.25) is 0 Å².